The summed E-state index contributed by atoms with van der Waals surface area (Å²) in [4.78, 5) is 19.0. The highest BCUT2D eigenvalue weighted by Gasteiger charge is 2.18. The van der Waals surface area contributed by atoms with Gasteiger partial charge in [0.25, 0.3) is 5.91 Å². The Morgan fingerprint density at radius 3 is 2.70 bits per heavy atom. The lowest BCUT2D eigenvalue weighted by Gasteiger charge is -2.15. The molecule has 0 fully saturated rings. The molecule has 5 aromatic rings. The molecule has 0 radical (unpaired) electrons. The van der Waals surface area contributed by atoms with Crippen LogP contribution in [0.5, 0.6) is 0 Å². The van der Waals surface area contributed by atoms with E-state index < -0.39 is 0 Å². The summed E-state index contributed by atoms with van der Waals surface area (Å²) >= 11 is 1.58. The fraction of sp³-hybridized carbons (Fsp3) is 0.154. The maximum Gasteiger partial charge on any atom is 0.322 e. The highest BCUT2D eigenvalue weighted by Crippen LogP contribution is 2.30. The minimum atomic E-state index is -0.313. The van der Waals surface area contributed by atoms with Crippen LogP contribution >= 0.6 is 11.3 Å². The van der Waals surface area contributed by atoms with E-state index in [4.69, 9.17) is 9.40 Å². The van der Waals surface area contributed by atoms with E-state index in [1.54, 1.807) is 11.3 Å². The molecule has 0 spiro atoms. The Balaban J connectivity index is 1.31. The van der Waals surface area contributed by atoms with Crippen LogP contribution in [0.1, 0.15) is 34.3 Å². The van der Waals surface area contributed by atoms with Gasteiger partial charge in [0.05, 0.1) is 21.7 Å². The van der Waals surface area contributed by atoms with Crippen LogP contribution in [0, 0.1) is 0 Å². The molecule has 162 valence electrons. The number of aryl methyl sites for hydroxylation is 2. The van der Waals surface area contributed by atoms with Crippen molar-refractivity contribution in [1.82, 2.24) is 15.2 Å². The van der Waals surface area contributed by atoms with Gasteiger partial charge in [0.1, 0.15) is 0 Å². The molecule has 1 aliphatic carbocycles. The second-order valence-corrected chi connectivity index (χ2v) is 9.05. The Bertz CT molecular complexity index is 1470. The summed E-state index contributed by atoms with van der Waals surface area (Å²) in [6.45, 7) is 0. The Labute approximate surface area is 194 Å². The number of carbonyl (C=O) groups is 1. The van der Waals surface area contributed by atoms with Crippen molar-refractivity contribution in [2.24, 2.45) is 0 Å². The second-order valence-electron chi connectivity index (χ2n) is 8.11. The molecule has 3 aromatic heterocycles. The molecule has 0 bridgehead atoms. The fourth-order valence-electron chi connectivity index (χ4n) is 4.34. The highest BCUT2D eigenvalue weighted by atomic mass is 32.1. The number of pyridine rings is 1. The number of nitrogens with zero attached hydrogens (tertiary/aromatic N) is 3. The fourth-order valence-corrected chi connectivity index (χ4v) is 5.02. The first-order valence-corrected chi connectivity index (χ1v) is 11.8. The average Bonchev–Trinajstić information content (AvgIpc) is 3.56. The topological polar surface area (TPSA) is 80.9 Å². The van der Waals surface area contributed by atoms with Gasteiger partial charge in [-0.1, -0.05) is 35.4 Å². The lowest BCUT2D eigenvalue weighted by molar-refractivity contribution is 0.102. The Kier molecular flexibility index (Phi) is 4.96. The summed E-state index contributed by atoms with van der Waals surface area (Å²) < 4.78 is 5.80. The van der Waals surface area contributed by atoms with Crippen molar-refractivity contribution in [3.8, 4) is 22.0 Å². The van der Waals surface area contributed by atoms with Crippen molar-refractivity contribution in [1.29, 1.82) is 0 Å². The van der Waals surface area contributed by atoms with Crippen molar-refractivity contribution in [3.05, 3.63) is 82.7 Å². The molecule has 6 nitrogen and oxygen atoms in total. The molecule has 6 rings (SSSR count). The minimum Gasteiger partial charge on any atom is -0.403 e. The third-order valence-electron chi connectivity index (χ3n) is 5.98. The number of rotatable bonds is 4. The maximum absolute atomic E-state index is 13.2. The summed E-state index contributed by atoms with van der Waals surface area (Å²) in [6, 6.07) is 19.7. The van der Waals surface area contributed by atoms with Gasteiger partial charge in [-0.3, -0.25) is 10.1 Å². The molecule has 1 aliphatic rings. The van der Waals surface area contributed by atoms with Gasteiger partial charge in [0.2, 0.25) is 5.89 Å². The quantitative estimate of drug-likeness (QED) is 0.354. The molecule has 33 heavy (non-hydrogen) atoms. The largest absolute Gasteiger partial charge is 0.403 e. The third-order valence-corrected chi connectivity index (χ3v) is 6.87. The number of anilines is 1. The van der Waals surface area contributed by atoms with E-state index in [1.165, 1.54) is 24.0 Å². The standard InChI is InChI=1S/C26H20N4O2S/c31-24(20-15-22(23-10-5-13-33-23)27-21-9-4-3-8-19(20)21)28-26-30-29-25(32-26)18-12-11-16-6-1-2-7-17(16)14-18/h3-5,8-15H,1-2,6-7H2,(H,28,30,31). The summed E-state index contributed by atoms with van der Waals surface area (Å²) in [7, 11) is 0. The van der Waals surface area contributed by atoms with Gasteiger partial charge in [-0.2, -0.15) is 0 Å². The van der Waals surface area contributed by atoms with Gasteiger partial charge in [-0.15, -0.1) is 16.4 Å². The van der Waals surface area contributed by atoms with Gasteiger partial charge >= 0.3 is 6.01 Å². The normalized spacial score (nSPS) is 13.1. The summed E-state index contributed by atoms with van der Waals surface area (Å²) in [6.07, 6.45) is 4.63. The molecule has 1 amide bonds. The molecule has 3 heterocycles. The van der Waals surface area contributed by atoms with Crippen molar-refractivity contribution < 1.29 is 9.21 Å². The van der Waals surface area contributed by atoms with Gasteiger partial charge < -0.3 is 4.42 Å². The van der Waals surface area contributed by atoms with E-state index in [2.05, 4.69) is 27.6 Å². The molecule has 0 aliphatic heterocycles. The van der Waals surface area contributed by atoms with Gasteiger partial charge in [-0.05, 0) is 72.5 Å². The van der Waals surface area contributed by atoms with Crippen molar-refractivity contribution >= 4 is 34.2 Å². The molecule has 0 atom stereocenters. The zero-order chi connectivity index (χ0) is 22.2. The molecule has 0 saturated heterocycles. The SMILES string of the molecule is O=C(Nc1nnc(-c2ccc3c(c2)CCCC3)o1)c1cc(-c2cccs2)nc2ccccc12. The molecule has 0 unspecified atom stereocenters. The van der Waals surface area contributed by atoms with Crippen LogP contribution in [0.15, 0.2) is 70.5 Å². The maximum atomic E-state index is 13.2. The number of thiophene rings is 1. The second kappa shape index (κ2) is 8.26. The zero-order valence-corrected chi connectivity index (χ0v) is 18.6. The van der Waals surface area contributed by atoms with Crippen molar-refractivity contribution in [2.45, 2.75) is 25.7 Å². The first kappa shape index (κ1) is 19.8. The van der Waals surface area contributed by atoms with Crippen LogP contribution in [0.3, 0.4) is 0 Å². The summed E-state index contributed by atoms with van der Waals surface area (Å²) in [5, 5.41) is 13.8. The molecular weight excluding hydrogens is 432 g/mol. The van der Waals surface area contributed by atoms with Gasteiger partial charge in [0, 0.05) is 10.9 Å². The number of amides is 1. The molecule has 1 N–H and O–H groups in total. The summed E-state index contributed by atoms with van der Waals surface area (Å²) in [5.41, 5.74) is 5.63. The van der Waals surface area contributed by atoms with Crippen LogP contribution in [0.25, 0.3) is 32.9 Å². The van der Waals surface area contributed by atoms with Crippen LogP contribution in [-0.2, 0) is 12.8 Å². The van der Waals surface area contributed by atoms with Crippen LogP contribution < -0.4 is 5.32 Å². The predicted octanol–water partition coefficient (Wildman–Crippen LogP) is 6.14. The van der Waals surface area contributed by atoms with E-state index in [-0.39, 0.29) is 11.9 Å². The number of carbonyl (C=O) groups excluding carboxylic acids is 1. The van der Waals surface area contributed by atoms with E-state index in [0.717, 1.165) is 39.9 Å². The van der Waals surface area contributed by atoms with Crippen LogP contribution in [0.4, 0.5) is 6.01 Å². The predicted molar refractivity (Wildman–Crippen MR) is 129 cm³/mol. The highest BCUT2D eigenvalue weighted by molar-refractivity contribution is 7.13. The molecule has 0 saturated carbocycles. The minimum absolute atomic E-state index is 0.0753. The number of benzene rings is 2. The van der Waals surface area contributed by atoms with Crippen LogP contribution in [-0.4, -0.2) is 21.1 Å². The number of hydrogen-bond donors (Lipinski definition) is 1. The van der Waals surface area contributed by atoms with Crippen molar-refractivity contribution in [3.63, 3.8) is 0 Å². The Morgan fingerprint density at radius 1 is 0.939 bits per heavy atom. The lowest BCUT2D eigenvalue weighted by Crippen LogP contribution is -2.13. The molecule has 7 heteroatoms. The first-order valence-electron chi connectivity index (χ1n) is 11.0. The Hall–Kier alpha value is -3.84. The van der Waals surface area contributed by atoms with Gasteiger partial charge in [0.15, 0.2) is 0 Å². The smallest absolute Gasteiger partial charge is 0.322 e. The lowest BCUT2D eigenvalue weighted by atomic mass is 9.90. The average molecular weight is 453 g/mol. The number of para-hydroxylation sites is 1. The van der Waals surface area contributed by atoms with Crippen LogP contribution in [0.2, 0.25) is 0 Å². The number of aromatic nitrogens is 3. The van der Waals surface area contributed by atoms with E-state index >= 15 is 0 Å². The zero-order valence-electron chi connectivity index (χ0n) is 17.7. The van der Waals surface area contributed by atoms with Crippen molar-refractivity contribution in [2.75, 3.05) is 5.32 Å². The van der Waals surface area contributed by atoms with Gasteiger partial charge in [-0.25, -0.2) is 4.98 Å². The number of nitrogens with one attached hydrogen (secondary N) is 1. The van der Waals surface area contributed by atoms with E-state index in [1.807, 2.05) is 53.9 Å². The molecular formula is C26H20N4O2S. The molecule has 2 aromatic carbocycles. The Morgan fingerprint density at radius 2 is 1.82 bits per heavy atom. The van der Waals surface area contributed by atoms with E-state index in [0.29, 0.717) is 11.5 Å². The number of hydrogen-bond acceptors (Lipinski definition) is 6. The first-order chi connectivity index (χ1) is 16.2. The third kappa shape index (κ3) is 3.81. The number of fused-ring (bicyclic) bond motifs is 2. The van der Waals surface area contributed by atoms with E-state index in [9.17, 15) is 4.79 Å². The summed E-state index contributed by atoms with van der Waals surface area (Å²) in [5.74, 6) is 0.0876. The monoisotopic (exact) mass is 452 g/mol.